The fourth-order valence-corrected chi connectivity index (χ4v) is 2.75. The molecule has 0 radical (unpaired) electrons. The summed E-state index contributed by atoms with van der Waals surface area (Å²) in [5.41, 5.74) is -0.213. The van der Waals surface area contributed by atoms with Crippen molar-refractivity contribution < 1.29 is 14.6 Å². The zero-order valence-electron chi connectivity index (χ0n) is 11.0. The topological polar surface area (TPSA) is 70.6 Å². The largest absolute Gasteiger partial charge is 0.384 e. The first-order chi connectivity index (χ1) is 9.08. The van der Waals surface area contributed by atoms with Crippen LogP contribution in [0, 0.1) is 5.92 Å². The summed E-state index contributed by atoms with van der Waals surface area (Å²) in [7, 11) is 0. The van der Waals surface area contributed by atoms with Crippen LogP contribution in [0.2, 0.25) is 0 Å². The van der Waals surface area contributed by atoms with Crippen LogP contribution in [0.3, 0.4) is 0 Å². The molecular weight excluding hydrogens is 264 g/mol. The second kappa shape index (κ2) is 6.36. The number of thiophene rings is 1. The van der Waals surface area contributed by atoms with E-state index in [4.69, 9.17) is 4.74 Å². The molecular formula is C13H20N2O3S. The van der Waals surface area contributed by atoms with Gasteiger partial charge in [-0.3, -0.25) is 0 Å². The first kappa shape index (κ1) is 14.3. The van der Waals surface area contributed by atoms with Crippen LogP contribution in [0.1, 0.15) is 18.9 Å². The highest BCUT2D eigenvalue weighted by atomic mass is 32.1. The molecule has 0 saturated carbocycles. The van der Waals surface area contributed by atoms with Crippen LogP contribution >= 0.6 is 11.3 Å². The molecule has 2 rings (SSSR count). The zero-order chi connectivity index (χ0) is 13.7. The monoisotopic (exact) mass is 284 g/mol. The van der Waals surface area contributed by atoms with Gasteiger partial charge in [0.2, 0.25) is 0 Å². The summed E-state index contributed by atoms with van der Waals surface area (Å²) in [5, 5.41) is 19.5. The van der Waals surface area contributed by atoms with Gasteiger partial charge >= 0.3 is 6.03 Å². The maximum absolute atomic E-state index is 11.6. The van der Waals surface area contributed by atoms with Gasteiger partial charge in [-0.05, 0) is 35.7 Å². The molecule has 1 aliphatic heterocycles. The molecule has 5 nitrogen and oxygen atoms in total. The first-order valence-electron chi connectivity index (χ1n) is 6.42. The van der Waals surface area contributed by atoms with Crippen molar-refractivity contribution in [3.63, 3.8) is 0 Å². The highest BCUT2D eigenvalue weighted by molar-refractivity contribution is 7.08. The van der Waals surface area contributed by atoms with Gasteiger partial charge in [-0.1, -0.05) is 0 Å². The van der Waals surface area contributed by atoms with E-state index < -0.39 is 5.60 Å². The van der Waals surface area contributed by atoms with Crippen molar-refractivity contribution in [2.24, 2.45) is 5.92 Å². The third-order valence-electron chi connectivity index (χ3n) is 3.31. The molecule has 2 atom stereocenters. The lowest BCUT2D eigenvalue weighted by Gasteiger charge is -2.23. The normalized spacial score (nSPS) is 21.9. The Hall–Kier alpha value is -1.11. The molecule has 1 aromatic heterocycles. The maximum Gasteiger partial charge on any atom is 0.314 e. The predicted octanol–water partition coefficient (Wildman–Crippen LogP) is 1.29. The summed E-state index contributed by atoms with van der Waals surface area (Å²) < 4.78 is 5.24. The van der Waals surface area contributed by atoms with Crippen LogP contribution in [0.4, 0.5) is 4.79 Å². The van der Waals surface area contributed by atoms with Gasteiger partial charge in [0.05, 0.1) is 13.2 Å². The molecule has 6 heteroatoms. The van der Waals surface area contributed by atoms with Gasteiger partial charge in [-0.15, -0.1) is 0 Å². The minimum Gasteiger partial charge on any atom is -0.384 e. The smallest absolute Gasteiger partial charge is 0.314 e. The van der Waals surface area contributed by atoms with Crippen LogP contribution in [0.5, 0.6) is 0 Å². The highest BCUT2D eigenvalue weighted by Crippen LogP contribution is 2.21. The number of hydrogen-bond acceptors (Lipinski definition) is 4. The predicted molar refractivity (Wildman–Crippen MR) is 74.2 cm³/mol. The van der Waals surface area contributed by atoms with Crippen LogP contribution in [-0.4, -0.2) is 37.4 Å². The molecule has 106 valence electrons. The number of carbonyl (C=O) groups excluding carboxylic acids is 1. The first-order valence-corrected chi connectivity index (χ1v) is 7.37. The quantitative estimate of drug-likeness (QED) is 0.763. The van der Waals surface area contributed by atoms with Crippen LogP contribution in [-0.2, 0) is 10.3 Å². The summed E-state index contributed by atoms with van der Waals surface area (Å²) in [6.07, 6.45) is 0.993. The number of ether oxygens (including phenoxy) is 1. The van der Waals surface area contributed by atoms with Crippen molar-refractivity contribution in [3.05, 3.63) is 22.4 Å². The number of nitrogens with one attached hydrogen (secondary N) is 2. The molecule has 0 unspecified atom stereocenters. The minimum atomic E-state index is -1.03. The molecule has 2 amide bonds. The number of amides is 2. The standard InChI is InChI=1S/C13H20N2O3S/c1-13(17,11-3-5-19-8-11)9-15-12(16)14-6-10-2-4-18-7-10/h3,5,8,10,17H,2,4,6-7,9H2,1H3,(H2,14,15,16)/t10-,13-/m1/s1. The number of hydrogen-bond donors (Lipinski definition) is 3. The minimum absolute atomic E-state index is 0.191. The van der Waals surface area contributed by atoms with Crippen molar-refractivity contribution in [1.29, 1.82) is 0 Å². The third-order valence-corrected chi connectivity index (χ3v) is 3.99. The lowest BCUT2D eigenvalue weighted by atomic mass is 9.99. The summed E-state index contributed by atoms with van der Waals surface area (Å²) in [5.74, 6) is 0.406. The maximum atomic E-state index is 11.6. The van der Waals surface area contributed by atoms with Crippen molar-refractivity contribution in [2.45, 2.75) is 18.9 Å². The summed E-state index contributed by atoms with van der Waals surface area (Å²) in [6.45, 7) is 4.00. The van der Waals surface area contributed by atoms with Gasteiger partial charge in [-0.2, -0.15) is 11.3 Å². The Bertz CT molecular complexity index is 400. The summed E-state index contributed by atoms with van der Waals surface area (Å²) in [4.78, 5) is 11.6. The van der Waals surface area contributed by atoms with Gasteiger partial charge in [0.15, 0.2) is 0 Å². The van der Waals surface area contributed by atoms with E-state index in [1.165, 1.54) is 11.3 Å². The van der Waals surface area contributed by atoms with Crippen molar-refractivity contribution in [1.82, 2.24) is 10.6 Å². The fourth-order valence-electron chi connectivity index (χ4n) is 1.97. The van der Waals surface area contributed by atoms with E-state index >= 15 is 0 Å². The Balaban J connectivity index is 1.70. The second-order valence-electron chi connectivity index (χ2n) is 5.08. The van der Waals surface area contributed by atoms with E-state index in [1.807, 2.05) is 16.8 Å². The Labute approximate surface area is 117 Å². The van der Waals surface area contributed by atoms with Gasteiger partial charge < -0.3 is 20.5 Å². The molecule has 1 aromatic rings. The van der Waals surface area contributed by atoms with E-state index in [1.54, 1.807) is 6.92 Å². The Morgan fingerprint density at radius 2 is 2.47 bits per heavy atom. The van der Waals surface area contributed by atoms with E-state index in [9.17, 15) is 9.90 Å². The molecule has 0 bridgehead atoms. The van der Waals surface area contributed by atoms with Crippen molar-refractivity contribution in [3.8, 4) is 0 Å². The zero-order valence-corrected chi connectivity index (χ0v) is 11.8. The third kappa shape index (κ3) is 4.19. The summed E-state index contributed by atoms with van der Waals surface area (Å²) in [6, 6.07) is 1.61. The molecule has 0 aromatic carbocycles. The average Bonchev–Trinajstić information content (AvgIpc) is 3.06. The van der Waals surface area contributed by atoms with Gasteiger partial charge in [0, 0.05) is 19.1 Å². The number of carbonyl (C=O) groups is 1. The van der Waals surface area contributed by atoms with E-state index in [2.05, 4.69) is 10.6 Å². The van der Waals surface area contributed by atoms with Crippen LogP contribution in [0.25, 0.3) is 0 Å². The van der Waals surface area contributed by atoms with Crippen molar-refractivity contribution >= 4 is 17.4 Å². The van der Waals surface area contributed by atoms with Gasteiger partial charge in [0.25, 0.3) is 0 Å². The van der Waals surface area contributed by atoms with E-state index in [0.717, 1.165) is 18.6 Å². The molecule has 1 saturated heterocycles. The van der Waals surface area contributed by atoms with Gasteiger partial charge in [0.1, 0.15) is 5.60 Å². The van der Waals surface area contributed by atoms with E-state index in [0.29, 0.717) is 19.1 Å². The number of rotatable bonds is 5. The molecule has 0 spiro atoms. The Morgan fingerprint density at radius 1 is 1.63 bits per heavy atom. The number of urea groups is 1. The molecule has 19 heavy (non-hydrogen) atoms. The fraction of sp³-hybridized carbons (Fsp3) is 0.615. The van der Waals surface area contributed by atoms with Crippen LogP contribution < -0.4 is 10.6 Å². The lowest BCUT2D eigenvalue weighted by Crippen LogP contribution is -2.44. The molecule has 1 aliphatic rings. The van der Waals surface area contributed by atoms with Crippen LogP contribution in [0.15, 0.2) is 16.8 Å². The lowest BCUT2D eigenvalue weighted by molar-refractivity contribution is 0.0598. The molecule has 0 aliphatic carbocycles. The van der Waals surface area contributed by atoms with Crippen molar-refractivity contribution in [2.75, 3.05) is 26.3 Å². The highest BCUT2D eigenvalue weighted by Gasteiger charge is 2.24. The molecule has 2 heterocycles. The Kier molecular flexibility index (Phi) is 4.79. The molecule has 1 fully saturated rings. The van der Waals surface area contributed by atoms with Gasteiger partial charge in [-0.25, -0.2) is 4.79 Å². The number of aliphatic hydroxyl groups is 1. The van der Waals surface area contributed by atoms with E-state index in [-0.39, 0.29) is 12.6 Å². The molecule has 3 N–H and O–H groups in total. The second-order valence-corrected chi connectivity index (χ2v) is 5.86. The SMILES string of the molecule is C[C@@](O)(CNC(=O)NC[C@H]1CCOC1)c1ccsc1. The Morgan fingerprint density at radius 3 is 3.11 bits per heavy atom. The summed E-state index contributed by atoms with van der Waals surface area (Å²) >= 11 is 1.53. The average molecular weight is 284 g/mol.